The summed E-state index contributed by atoms with van der Waals surface area (Å²) in [5.41, 5.74) is 5.90. The molecule has 0 spiro atoms. The summed E-state index contributed by atoms with van der Waals surface area (Å²) in [5, 5.41) is 0. The van der Waals surface area contributed by atoms with E-state index in [2.05, 4.69) is 0 Å². The summed E-state index contributed by atoms with van der Waals surface area (Å²) in [6, 6.07) is 5.39. The molecule has 2 N–H and O–H groups in total. The first-order valence-electron chi connectivity index (χ1n) is 4.97. The standard InChI is InChI=1S/C11H14F3NO.ClH/c1-2-16-9-5-3-4-8(6-9)10(15)7-11(12,13)14;/h3-6,10H,2,7,15H2,1H3;1H/t10-;/m0./s1. The molecule has 0 aliphatic carbocycles. The molecule has 98 valence electrons. The van der Waals surface area contributed by atoms with Crippen molar-refractivity contribution in [3.05, 3.63) is 29.8 Å². The van der Waals surface area contributed by atoms with Crippen LogP contribution in [0.15, 0.2) is 24.3 Å². The topological polar surface area (TPSA) is 35.2 Å². The van der Waals surface area contributed by atoms with Crippen molar-refractivity contribution in [2.45, 2.75) is 25.6 Å². The molecule has 1 atom stereocenters. The van der Waals surface area contributed by atoms with Crippen molar-refractivity contribution >= 4 is 12.4 Å². The SMILES string of the molecule is CCOc1cccc([C@@H](N)CC(F)(F)F)c1.Cl. The highest BCUT2D eigenvalue weighted by molar-refractivity contribution is 5.85. The molecule has 0 saturated heterocycles. The van der Waals surface area contributed by atoms with Gasteiger partial charge in [0.25, 0.3) is 0 Å². The molecule has 6 heteroatoms. The van der Waals surface area contributed by atoms with Crippen molar-refractivity contribution in [1.29, 1.82) is 0 Å². The lowest BCUT2D eigenvalue weighted by molar-refractivity contribution is -0.138. The Balaban J connectivity index is 0.00000256. The van der Waals surface area contributed by atoms with Crippen molar-refractivity contribution in [3.63, 3.8) is 0 Å². The minimum absolute atomic E-state index is 0. The van der Waals surface area contributed by atoms with Crippen LogP contribution in [0.5, 0.6) is 5.75 Å². The minimum atomic E-state index is -4.25. The summed E-state index contributed by atoms with van der Waals surface area (Å²) in [6.45, 7) is 2.28. The van der Waals surface area contributed by atoms with Crippen molar-refractivity contribution in [2.24, 2.45) is 5.73 Å². The molecular formula is C11H15ClF3NO. The molecule has 1 rings (SSSR count). The van der Waals surface area contributed by atoms with Gasteiger partial charge in [-0.3, -0.25) is 0 Å². The van der Waals surface area contributed by atoms with Gasteiger partial charge >= 0.3 is 6.18 Å². The maximum absolute atomic E-state index is 12.1. The summed E-state index contributed by atoms with van der Waals surface area (Å²) in [4.78, 5) is 0. The Morgan fingerprint density at radius 2 is 2.00 bits per heavy atom. The summed E-state index contributed by atoms with van der Waals surface area (Å²) in [6.07, 6.45) is -5.27. The summed E-state index contributed by atoms with van der Waals surface area (Å²) < 4.78 is 41.6. The zero-order valence-corrected chi connectivity index (χ0v) is 10.1. The molecule has 0 amide bonds. The second-order valence-corrected chi connectivity index (χ2v) is 3.43. The van der Waals surface area contributed by atoms with Crippen LogP contribution in [0.2, 0.25) is 0 Å². The fraction of sp³-hybridized carbons (Fsp3) is 0.455. The number of rotatable bonds is 4. The van der Waals surface area contributed by atoms with E-state index >= 15 is 0 Å². The number of hydrogen-bond acceptors (Lipinski definition) is 2. The number of benzene rings is 1. The molecule has 2 nitrogen and oxygen atoms in total. The highest BCUT2D eigenvalue weighted by Gasteiger charge is 2.30. The third-order valence-electron chi connectivity index (χ3n) is 2.05. The van der Waals surface area contributed by atoms with E-state index in [4.69, 9.17) is 10.5 Å². The van der Waals surface area contributed by atoms with Crippen molar-refractivity contribution in [2.75, 3.05) is 6.61 Å². The molecule has 1 aromatic rings. The van der Waals surface area contributed by atoms with Gasteiger partial charge < -0.3 is 10.5 Å². The molecule has 0 saturated carbocycles. The highest BCUT2D eigenvalue weighted by Crippen LogP contribution is 2.29. The highest BCUT2D eigenvalue weighted by atomic mass is 35.5. The van der Waals surface area contributed by atoms with Crippen LogP contribution < -0.4 is 10.5 Å². The van der Waals surface area contributed by atoms with Crippen molar-refractivity contribution in [3.8, 4) is 5.75 Å². The molecule has 1 aromatic carbocycles. The van der Waals surface area contributed by atoms with Gasteiger partial charge in [0.15, 0.2) is 0 Å². The van der Waals surface area contributed by atoms with Crippen LogP contribution in [0.25, 0.3) is 0 Å². The van der Waals surface area contributed by atoms with Gasteiger partial charge in [0, 0.05) is 6.04 Å². The van der Waals surface area contributed by atoms with Gasteiger partial charge in [0.05, 0.1) is 13.0 Å². The molecule has 0 unspecified atom stereocenters. The van der Waals surface area contributed by atoms with Crippen LogP contribution in [0.3, 0.4) is 0 Å². The molecule has 0 aliphatic heterocycles. The van der Waals surface area contributed by atoms with E-state index in [0.717, 1.165) is 0 Å². The first-order valence-corrected chi connectivity index (χ1v) is 4.97. The van der Waals surface area contributed by atoms with Gasteiger partial charge in [-0.2, -0.15) is 13.2 Å². The Labute approximate surface area is 104 Å². The van der Waals surface area contributed by atoms with E-state index in [1.54, 1.807) is 24.3 Å². The van der Waals surface area contributed by atoms with Crippen LogP contribution in [0.4, 0.5) is 13.2 Å². The lowest BCUT2D eigenvalue weighted by Crippen LogP contribution is -2.20. The van der Waals surface area contributed by atoms with Crippen LogP contribution in [-0.4, -0.2) is 12.8 Å². The monoisotopic (exact) mass is 269 g/mol. The van der Waals surface area contributed by atoms with Crippen molar-refractivity contribution in [1.82, 2.24) is 0 Å². The first-order chi connectivity index (χ1) is 7.42. The number of nitrogens with two attached hydrogens (primary N) is 1. The average molecular weight is 270 g/mol. The smallest absolute Gasteiger partial charge is 0.390 e. The number of alkyl halides is 3. The lowest BCUT2D eigenvalue weighted by Gasteiger charge is -2.15. The molecular weight excluding hydrogens is 255 g/mol. The van der Waals surface area contributed by atoms with Crippen LogP contribution in [-0.2, 0) is 0 Å². The van der Waals surface area contributed by atoms with Gasteiger partial charge in [0.1, 0.15) is 5.75 Å². The zero-order chi connectivity index (χ0) is 12.2. The third-order valence-corrected chi connectivity index (χ3v) is 2.05. The van der Waals surface area contributed by atoms with E-state index in [1.807, 2.05) is 6.92 Å². The molecule has 17 heavy (non-hydrogen) atoms. The van der Waals surface area contributed by atoms with E-state index in [1.165, 1.54) is 0 Å². The summed E-state index contributed by atoms with van der Waals surface area (Å²) in [5.74, 6) is 0.539. The van der Waals surface area contributed by atoms with Crippen molar-refractivity contribution < 1.29 is 17.9 Å². The number of ether oxygens (including phenoxy) is 1. The van der Waals surface area contributed by atoms with Crippen LogP contribution >= 0.6 is 12.4 Å². The summed E-state index contributed by atoms with van der Waals surface area (Å²) in [7, 11) is 0. The minimum Gasteiger partial charge on any atom is -0.494 e. The maximum atomic E-state index is 12.1. The first kappa shape index (κ1) is 16.1. The van der Waals surface area contributed by atoms with E-state index in [-0.39, 0.29) is 12.4 Å². The van der Waals surface area contributed by atoms with Gasteiger partial charge in [-0.15, -0.1) is 12.4 Å². The summed E-state index contributed by atoms with van der Waals surface area (Å²) >= 11 is 0. The fourth-order valence-electron chi connectivity index (χ4n) is 1.37. The second kappa shape index (κ2) is 6.71. The molecule has 0 aliphatic rings. The Morgan fingerprint density at radius 3 is 2.53 bits per heavy atom. The van der Waals surface area contributed by atoms with E-state index < -0.39 is 18.6 Å². The predicted molar refractivity (Wildman–Crippen MR) is 62.5 cm³/mol. The number of hydrogen-bond donors (Lipinski definition) is 1. The van der Waals surface area contributed by atoms with Crippen LogP contribution in [0, 0.1) is 0 Å². The Morgan fingerprint density at radius 1 is 1.35 bits per heavy atom. The van der Waals surface area contributed by atoms with Gasteiger partial charge in [-0.05, 0) is 24.6 Å². The predicted octanol–water partition coefficient (Wildman–Crippen LogP) is 3.46. The molecule has 0 radical (unpaired) electrons. The number of halogens is 4. The Hall–Kier alpha value is -0.940. The normalized spacial score (nSPS) is 12.8. The molecule has 0 heterocycles. The van der Waals surface area contributed by atoms with E-state index in [0.29, 0.717) is 17.9 Å². The van der Waals surface area contributed by atoms with Crippen LogP contribution in [0.1, 0.15) is 24.9 Å². The molecule has 0 fully saturated rings. The Bertz CT molecular complexity index is 344. The average Bonchev–Trinajstić information content (AvgIpc) is 2.16. The second-order valence-electron chi connectivity index (χ2n) is 3.43. The van der Waals surface area contributed by atoms with Gasteiger partial charge in [-0.1, -0.05) is 12.1 Å². The van der Waals surface area contributed by atoms with Gasteiger partial charge in [-0.25, -0.2) is 0 Å². The quantitative estimate of drug-likeness (QED) is 0.908. The fourth-order valence-corrected chi connectivity index (χ4v) is 1.37. The zero-order valence-electron chi connectivity index (χ0n) is 9.33. The lowest BCUT2D eigenvalue weighted by atomic mass is 10.0. The largest absolute Gasteiger partial charge is 0.494 e. The molecule has 0 aromatic heterocycles. The third kappa shape index (κ3) is 5.79. The van der Waals surface area contributed by atoms with E-state index in [9.17, 15) is 13.2 Å². The molecule has 0 bridgehead atoms. The maximum Gasteiger partial charge on any atom is 0.390 e. The van der Waals surface area contributed by atoms with Gasteiger partial charge in [0.2, 0.25) is 0 Å². The Kier molecular flexibility index (Phi) is 6.34.